The Morgan fingerprint density at radius 3 is 2.83 bits per heavy atom. The molecule has 0 aromatic heterocycles. The zero-order valence-corrected chi connectivity index (χ0v) is 12.5. The fraction of sp³-hybridized carbons (Fsp3) is 0.308. The summed E-state index contributed by atoms with van der Waals surface area (Å²) in [4.78, 5) is 11.0. The van der Waals surface area contributed by atoms with E-state index in [-0.39, 0.29) is 12.6 Å². The molecule has 0 aliphatic carbocycles. The van der Waals surface area contributed by atoms with Crippen molar-refractivity contribution in [3.8, 4) is 5.75 Å². The third kappa shape index (κ3) is 4.70. The SMILES string of the molecule is CCOC(=O)/C=C/COc1c(C)cc(Br)cc1Cl. The van der Waals surface area contributed by atoms with Gasteiger partial charge in [-0.2, -0.15) is 0 Å². The normalized spacial score (nSPS) is 10.7. The van der Waals surface area contributed by atoms with Crippen LogP contribution in [0, 0.1) is 6.92 Å². The molecule has 98 valence electrons. The summed E-state index contributed by atoms with van der Waals surface area (Å²) >= 11 is 9.41. The van der Waals surface area contributed by atoms with Gasteiger partial charge in [0.15, 0.2) is 0 Å². The number of benzene rings is 1. The molecule has 0 spiro atoms. The Morgan fingerprint density at radius 1 is 1.50 bits per heavy atom. The van der Waals surface area contributed by atoms with E-state index in [1.165, 1.54) is 6.08 Å². The lowest BCUT2D eigenvalue weighted by Crippen LogP contribution is -2.01. The van der Waals surface area contributed by atoms with Gasteiger partial charge in [-0.25, -0.2) is 4.79 Å². The van der Waals surface area contributed by atoms with E-state index in [1.54, 1.807) is 19.1 Å². The molecule has 0 atom stereocenters. The molecule has 0 amide bonds. The minimum Gasteiger partial charge on any atom is -0.488 e. The van der Waals surface area contributed by atoms with Crippen molar-refractivity contribution in [3.05, 3.63) is 39.3 Å². The zero-order valence-electron chi connectivity index (χ0n) is 10.2. The molecular formula is C13H14BrClO3. The molecule has 1 rings (SSSR count). The van der Waals surface area contributed by atoms with Crippen molar-refractivity contribution in [2.45, 2.75) is 13.8 Å². The van der Waals surface area contributed by atoms with Crippen molar-refractivity contribution < 1.29 is 14.3 Å². The van der Waals surface area contributed by atoms with Gasteiger partial charge in [0.1, 0.15) is 12.4 Å². The molecule has 0 saturated heterocycles. The summed E-state index contributed by atoms with van der Waals surface area (Å²) in [5.74, 6) is 0.244. The molecule has 1 aromatic rings. The van der Waals surface area contributed by atoms with E-state index in [4.69, 9.17) is 21.1 Å². The number of halogens is 2. The van der Waals surface area contributed by atoms with Crippen molar-refractivity contribution in [2.75, 3.05) is 13.2 Å². The first-order valence-corrected chi connectivity index (χ1v) is 6.63. The summed E-state index contributed by atoms with van der Waals surface area (Å²) in [5.41, 5.74) is 0.930. The average molecular weight is 334 g/mol. The number of rotatable bonds is 5. The van der Waals surface area contributed by atoms with Crippen LogP contribution in [0.25, 0.3) is 0 Å². The molecule has 1 aromatic carbocycles. The first-order valence-electron chi connectivity index (χ1n) is 5.46. The Morgan fingerprint density at radius 2 is 2.22 bits per heavy atom. The minimum atomic E-state index is -0.375. The van der Waals surface area contributed by atoms with E-state index in [9.17, 15) is 4.79 Å². The molecule has 0 unspecified atom stereocenters. The Bertz CT molecular complexity index is 435. The van der Waals surface area contributed by atoms with Gasteiger partial charge in [-0.1, -0.05) is 27.5 Å². The zero-order chi connectivity index (χ0) is 13.5. The second-order valence-electron chi connectivity index (χ2n) is 3.50. The fourth-order valence-corrected chi connectivity index (χ4v) is 2.36. The Balaban J connectivity index is 2.57. The summed E-state index contributed by atoms with van der Waals surface area (Å²) in [5, 5.41) is 0.534. The molecule has 0 fully saturated rings. The second kappa shape index (κ2) is 7.44. The van der Waals surface area contributed by atoms with Crippen LogP contribution >= 0.6 is 27.5 Å². The van der Waals surface area contributed by atoms with Crippen LogP contribution in [0.5, 0.6) is 5.75 Å². The summed E-state index contributed by atoms with van der Waals surface area (Å²) in [7, 11) is 0. The van der Waals surface area contributed by atoms with E-state index in [0.717, 1.165) is 10.0 Å². The highest BCUT2D eigenvalue weighted by Crippen LogP contribution is 2.31. The van der Waals surface area contributed by atoms with Gasteiger partial charge >= 0.3 is 5.97 Å². The summed E-state index contributed by atoms with van der Waals surface area (Å²) in [6, 6.07) is 3.68. The number of esters is 1. The average Bonchev–Trinajstić information content (AvgIpc) is 2.27. The third-order valence-electron chi connectivity index (χ3n) is 2.06. The first-order chi connectivity index (χ1) is 8.54. The van der Waals surface area contributed by atoms with Crippen LogP contribution in [-0.2, 0) is 9.53 Å². The van der Waals surface area contributed by atoms with Gasteiger partial charge in [0.2, 0.25) is 0 Å². The molecule has 0 heterocycles. The standard InChI is InChI=1S/C13H14BrClO3/c1-3-17-12(16)5-4-6-18-13-9(2)7-10(14)8-11(13)15/h4-5,7-8H,3,6H2,1-2H3/b5-4+. The molecule has 0 N–H and O–H groups in total. The monoisotopic (exact) mass is 332 g/mol. The molecule has 5 heteroatoms. The van der Waals surface area contributed by atoms with Crippen molar-refractivity contribution >= 4 is 33.5 Å². The van der Waals surface area contributed by atoms with Crippen molar-refractivity contribution in [1.29, 1.82) is 0 Å². The van der Waals surface area contributed by atoms with E-state index < -0.39 is 0 Å². The van der Waals surface area contributed by atoms with E-state index in [2.05, 4.69) is 15.9 Å². The summed E-state index contributed by atoms with van der Waals surface area (Å²) < 4.78 is 11.1. The number of ether oxygens (including phenoxy) is 2. The number of hydrogen-bond acceptors (Lipinski definition) is 3. The quantitative estimate of drug-likeness (QED) is 0.605. The molecule has 0 radical (unpaired) electrons. The lowest BCUT2D eigenvalue weighted by molar-refractivity contribution is -0.137. The van der Waals surface area contributed by atoms with Crippen LogP contribution in [0.4, 0.5) is 0 Å². The number of hydrogen-bond donors (Lipinski definition) is 0. The molecule has 0 aliphatic heterocycles. The highest BCUT2D eigenvalue weighted by molar-refractivity contribution is 9.10. The van der Waals surface area contributed by atoms with Crippen molar-refractivity contribution in [3.63, 3.8) is 0 Å². The van der Waals surface area contributed by atoms with Gasteiger partial charge in [0.25, 0.3) is 0 Å². The van der Waals surface area contributed by atoms with Gasteiger partial charge in [-0.05, 0) is 37.6 Å². The Labute approximate surface area is 120 Å². The summed E-state index contributed by atoms with van der Waals surface area (Å²) in [6.07, 6.45) is 2.93. The van der Waals surface area contributed by atoms with E-state index in [1.807, 2.05) is 13.0 Å². The molecular weight excluding hydrogens is 319 g/mol. The minimum absolute atomic E-state index is 0.265. The predicted octanol–water partition coefficient (Wildman–Crippen LogP) is 3.91. The first kappa shape index (κ1) is 15.1. The Hall–Kier alpha value is -1.000. The third-order valence-corrected chi connectivity index (χ3v) is 2.80. The maximum Gasteiger partial charge on any atom is 0.330 e. The second-order valence-corrected chi connectivity index (χ2v) is 4.82. The smallest absolute Gasteiger partial charge is 0.330 e. The largest absolute Gasteiger partial charge is 0.488 e. The van der Waals surface area contributed by atoms with Crippen LogP contribution in [0.2, 0.25) is 5.02 Å². The maximum absolute atomic E-state index is 11.0. The van der Waals surface area contributed by atoms with Gasteiger partial charge in [-0.15, -0.1) is 0 Å². The van der Waals surface area contributed by atoms with Crippen LogP contribution in [0.15, 0.2) is 28.8 Å². The predicted molar refractivity (Wildman–Crippen MR) is 75.2 cm³/mol. The summed E-state index contributed by atoms with van der Waals surface area (Å²) in [6.45, 7) is 4.29. The number of carbonyl (C=O) groups excluding carboxylic acids is 1. The lowest BCUT2D eigenvalue weighted by atomic mass is 10.2. The number of aryl methyl sites for hydroxylation is 1. The Kier molecular flexibility index (Phi) is 6.22. The van der Waals surface area contributed by atoms with E-state index in [0.29, 0.717) is 17.4 Å². The van der Waals surface area contributed by atoms with Crippen LogP contribution in [0.3, 0.4) is 0 Å². The fourth-order valence-electron chi connectivity index (χ4n) is 1.34. The number of carbonyl (C=O) groups is 1. The van der Waals surface area contributed by atoms with Crippen LogP contribution in [-0.4, -0.2) is 19.2 Å². The molecule has 0 bridgehead atoms. The van der Waals surface area contributed by atoms with Gasteiger partial charge in [0.05, 0.1) is 11.6 Å². The van der Waals surface area contributed by atoms with Crippen LogP contribution < -0.4 is 4.74 Å². The molecule has 0 aliphatic rings. The van der Waals surface area contributed by atoms with Crippen LogP contribution in [0.1, 0.15) is 12.5 Å². The highest BCUT2D eigenvalue weighted by Gasteiger charge is 2.06. The van der Waals surface area contributed by atoms with E-state index >= 15 is 0 Å². The molecule has 3 nitrogen and oxygen atoms in total. The topological polar surface area (TPSA) is 35.5 Å². The highest BCUT2D eigenvalue weighted by atomic mass is 79.9. The maximum atomic E-state index is 11.0. The lowest BCUT2D eigenvalue weighted by Gasteiger charge is -2.09. The molecule has 18 heavy (non-hydrogen) atoms. The molecule has 0 saturated carbocycles. The van der Waals surface area contributed by atoms with Gasteiger partial charge in [0, 0.05) is 10.5 Å². The van der Waals surface area contributed by atoms with Gasteiger partial charge in [-0.3, -0.25) is 0 Å². The van der Waals surface area contributed by atoms with Gasteiger partial charge < -0.3 is 9.47 Å². The van der Waals surface area contributed by atoms with Crippen molar-refractivity contribution in [1.82, 2.24) is 0 Å². The van der Waals surface area contributed by atoms with Crippen molar-refractivity contribution in [2.24, 2.45) is 0 Å².